The summed E-state index contributed by atoms with van der Waals surface area (Å²) in [5, 5.41) is 5.23. The van der Waals surface area contributed by atoms with Gasteiger partial charge in [0.25, 0.3) is 0 Å². The third-order valence-corrected chi connectivity index (χ3v) is 4.15. The van der Waals surface area contributed by atoms with E-state index in [1.54, 1.807) is 11.8 Å². The lowest BCUT2D eigenvalue weighted by molar-refractivity contribution is 0.760. The van der Waals surface area contributed by atoms with E-state index in [2.05, 4.69) is 27.6 Å². The number of unbranched alkanes of at least 4 members (excludes halogenated alkanes) is 1. The molecule has 3 aromatic rings. The summed E-state index contributed by atoms with van der Waals surface area (Å²) in [6, 6.07) is 0. The monoisotopic (exact) mass is 301 g/mol. The van der Waals surface area contributed by atoms with Gasteiger partial charge >= 0.3 is 0 Å². The minimum absolute atomic E-state index is 0.918. The summed E-state index contributed by atoms with van der Waals surface area (Å²) < 4.78 is 3.95. The fourth-order valence-corrected chi connectivity index (χ4v) is 2.93. The Morgan fingerprint density at radius 3 is 2.76 bits per heavy atom. The molecule has 0 N–H and O–H groups in total. The van der Waals surface area contributed by atoms with Gasteiger partial charge in [0.1, 0.15) is 5.03 Å². The number of imidazole rings is 1. The summed E-state index contributed by atoms with van der Waals surface area (Å²) in [5.74, 6) is 0. The Labute approximate surface area is 128 Å². The molecule has 110 valence electrons. The van der Waals surface area contributed by atoms with Gasteiger partial charge < -0.3 is 0 Å². The number of hydrogen-bond donors (Lipinski definition) is 0. The molecule has 0 aliphatic rings. The van der Waals surface area contributed by atoms with Crippen LogP contribution >= 0.6 is 11.8 Å². The van der Waals surface area contributed by atoms with Crippen LogP contribution in [0.15, 0.2) is 29.8 Å². The lowest BCUT2D eigenvalue weighted by atomic mass is 10.2. The molecule has 3 rings (SSSR count). The summed E-state index contributed by atoms with van der Waals surface area (Å²) in [5.41, 5.74) is 4.18. The van der Waals surface area contributed by atoms with E-state index < -0.39 is 0 Å². The fraction of sp³-hybridized carbons (Fsp3) is 0.400. The van der Waals surface area contributed by atoms with Crippen LogP contribution in [-0.4, -0.2) is 30.4 Å². The third-order valence-electron chi connectivity index (χ3n) is 3.49. The van der Waals surface area contributed by atoms with Crippen LogP contribution in [-0.2, 0) is 13.5 Å². The molecule has 3 aromatic heterocycles. The lowest BCUT2D eigenvalue weighted by Gasteiger charge is -2.07. The van der Waals surface area contributed by atoms with Crippen LogP contribution in [0.2, 0.25) is 0 Å². The van der Waals surface area contributed by atoms with Crippen molar-refractivity contribution in [3.05, 3.63) is 30.5 Å². The first-order chi connectivity index (χ1) is 10.2. The molecule has 0 fully saturated rings. The van der Waals surface area contributed by atoms with E-state index >= 15 is 0 Å². The summed E-state index contributed by atoms with van der Waals surface area (Å²) in [7, 11) is 1.92. The molecular weight excluding hydrogens is 282 g/mol. The van der Waals surface area contributed by atoms with Gasteiger partial charge in [-0.15, -0.1) is 11.8 Å². The first-order valence-electron chi connectivity index (χ1n) is 7.13. The Bertz CT molecular complexity index is 759. The van der Waals surface area contributed by atoms with E-state index in [1.807, 2.05) is 36.6 Å². The zero-order valence-corrected chi connectivity index (χ0v) is 13.4. The number of thioether (sulfide) groups is 1. The summed E-state index contributed by atoms with van der Waals surface area (Å²) in [6.45, 7) is 2.20. The molecule has 0 atom stereocenters. The van der Waals surface area contributed by atoms with Crippen molar-refractivity contribution in [2.45, 2.75) is 31.2 Å². The number of fused-ring (bicyclic) bond motifs is 1. The van der Waals surface area contributed by atoms with Crippen LogP contribution in [0.3, 0.4) is 0 Å². The average molecular weight is 301 g/mol. The van der Waals surface area contributed by atoms with Gasteiger partial charge in [0.2, 0.25) is 0 Å². The first kappa shape index (κ1) is 14.1. The molecule has 0 radical (unpaired) electrons. The second-order valence-electron chi connectivity index (χ2n) is 5.08. The molecule has 3 heterocycles. The van der Waals surface area contributed by atoms with Crippen LogP contribution in [0.4, 0.5) is 0 Å². The van der Waals surface area contributed by atoms with Gasteiger partial charge in [-0.3, -0.25) is 9.08 Å². The normalized spacial score (nSPS) is 11.4. The van der Waals surface area contributed by atoms with Gasteiger partial charge in [0.15, 0.2) is 5.65 Å². The van der Waals surface area contributed by atoms with Crippen molar-refractivity contribution in [1.82, 2.24) is 24.1 Å². The van der Waals surface area contributed by atoms with Crippen LogP contribution in [0, 0.1) is 0 Å². The van der Waals surface area contributed by atoms with Gasteiger partial charge in [-0.2, -0.15) is 5.10 Å². The van der Waals surface area contributed by atoms with Gasteiger partial charge in [-0.1, -0.05) is 13.3 Å². The maximum atomic E-state index is 4.73. The highest BCUT2D eigenvalue weighted by Crippen LogP contribution is 2.25. The van der Waals surface area contributed by atoms with E-state index in [0.29, 0.717) is 0 Å². The largest absolute Gasteiger partial charge is 0.295 e. The highest BCUT2D eigenvalue weighted by molar-refractivity contribution is 7.98. The van der Waals surface area contributed by atoms with Crippen LogP contribution in [0.1, 0.15) is 25.5 Å². The van der Waals surface area contributed by atoms with Crippen molar-refractivity contribution in [2.75, 3.05) is 6.26 Å². The van der Waals surface area contributed by atoms with Crippen LogP contribution in [0.25, 0.3) is 16.9 Å². The highest BCUT2D eigenvalue weighted by Gasteiger charge is 2.13. The zero-order chi connectivity index (χ0) is 14.8. The van der Waals surface area contributed by atoms with Crippen molar-refractivity contribution in [3.63, 3.8) is 0 Å². The van der Waals surface area contributed by atoms with Crippen molar-refractivity contribution in [1.29, 1.82) is 0 Å². The fourth-order valence-electron chi connectivity index (χ4n) is 2.39. The maximum Gasteiger partial charge on any atom is 0.170 e. The van der Waals surface area contributed by atoms with Crippen molar-refractivity contribution < 1.29 is 0 Å². The van der Waals surface area contributed by atoms with Gasteiger partial charge in [-0.05, 0) is 19.1 Å². The number of rotatable bonds is 5. The van der Waals surface area contributed by atoms with Gasteiger partial charge in [0, 0.05) is 25.0 Å². The standard InChI is InChI=1S/C15H19N5S/c1-4-5-6-12-10-20-13(11-7-17-19(2)9-11)8-16-14(20)15(18-12)21-3/h7-10H,4-6H2,1-3H3. The van der Waals surface area contributed by atoms with E-state index in [4.69, 9.17) is 4.98 Å². The second kappa shape index (κ2) is 5.89. The smallest absolute Gasteiger partial charge is 0.170 e. The molecule has 6 heteroatoms. The Hall–Kier alpha value is -1.82. The molecule has 0 bridgehead atoms. The molecule has 0 amide bonds. The quantitative estimate of drug-likeness (QED) is 0.679. The predicted octanol–water partition coefficient (Wildman–Crippen LogP) is 3.19. The van der Waals surface area contributed by atoms with Crippen LogP contribution in [0.5, 0.6) is 0 Å². The molecule has 0 unspecified atom stereocenters. The molecule has 0 aromatic carbocycles. The van der Waals surface area contributed by atoms with Gasteiger partial charge in [-0.25, -0.2) is 9.97 Å². The Balaban J connectivity index is 2.14. The SMILES string of the molecule is CCCCc1cn2c(-c3cnn(C)c3)cnc2c(SC)n1. The molecule has 21 heavy (non-hydrogen) atoms. The van der Waals surface area contributed by atoms with Crippen molar-refractivity contribution >= 4 is 17.4 Å². The maximum absolute atomic E-state index is 4.73. The second-order valence-corrected chi connectivity index (χ2v) is 5.88. The number of hydrogen-bond acceptors (Lipinski definition) is 4. The molecule has 0 saturated carbocycles. The Morgan fingerprint density at radius 2 is 2.10 bits per heavy atom. The number of nitrogens with zero attached hydrogens (tertiary/aromatic N) is 5. The summed E-state index contributed by atoms with van der Waals surface area (Å²) >= 11 is 1.64. The predicted molar refractivity (Wildman–Crippen MR) is 85.6 cm³/mol. The molecule has 0 aliphatic carbocycles. The number of aromatic nitrogens is 5. The Kier molecular flexibility index (Phi) is 3.96. The third kappa shape index (κ3) is 2.68. The van der Waals surface area contributed by atoms with E-state index in [0.717, 1.165) is 40.5 Å². The molecule has 0 saturated heterocycles. The van der Waals surface area contributed by atoms with E-state index in [9.17, 15) is 0 Å². The molecule has 5 nitrogen and oxygen atoms in total. The zero-order valence-electron chi connectivity index (χ0n) is 12.6. The van der Waals surface area contributed by atoms with Crippen molar-refractivity contribution in [3.8, 4) is 11.3 Å². The number of aryl methyl sites for hydroxylation is 2. The topological polar surface area (TPSA) is 48.0 Å². The van der Waals surface area contributed by atoms with E-state index in [1.165, 1.54) is 6.42 Å². The summed E-state index contributed by atoms with van der Waals surface area (Å²) in [4.78, 5) is 9.27. The minimum atomic E-state index is 0.918. The molecule has 0 spiro atoms. The lowest BCUT2D eigenvalue weighted by Crippen LogP contribution is -1.99. The highest BCUT2D eigenvalue weighted by atomic mass is 32.2. The van der Waals surface area contributed by atoms with Crippen LogP contribution < -0.4 is 0 Å². The van der Waals surface area contributed by atoms with E-state index in [-0.39, 0.29) is 0 Å². The molecule has 0 aliphatic heterocycles. The average Bonchev–Trinajstić information content (AvgIpc) is 3.10. The van der Waals surface area contributed by atoms with Gasteiger partial charge in [0.05, 0.1) is 23.8 Å². The Morgan fingerprint density at radius 1 is 1.24 bits per heavy atom. The summed E-state index contributed by atoms with van der Waals surface area (Å²) in [6.07, 6.45) is 13.3. The van der Waals surface area contributed by atoms with Crippen molar-refractivity contribution in [2.24, 2.45) is 7.05 Å². The molecular formula is C15H19N5S. The minimum Gasteiger partial charge on any atom is -0.295 e. The first-order valence-corrected chi connectivity index (χ1v) is 8.35.